The molecule has 0 saturated heterocycles. The molecule has 0 bridgehead atoms. The summed E-state index contributed by atoms with van der Waals surface area (Å²) in [6, 6.07) is 16.1. The number of fused-ring (bicyclic) bond motifs is 1. The van der Waals surface area contributed by atoms with E-state index in [1.807, 2.05) is 36.4 Å². The maximum atomic E-state index is 12.4. The van der Waals surface area contributed by atoms with Gasteiger partial charge in [0.25, 0.3) is 5.91 Å². The summed E-state index contributed by atoms with van der Waals surface area (Å²) in [5.74, 6) is 0.684. The summed E-state index contributed by atoms with van der Waals surface area (Å²) in [4.78, 5) is 26.3. The van der Waals surface area contributed by atoms with Gasteiger partial charge >= 0.3 is 0 Å². The molecule has 1 aliphatic heterocycles. The van der Waals surface area contributed by atoms with Gasteiger partial charge in [-0.15, -0.1) is 0 Å². The van der Waals surface area contributed by atoms with Crippen LogP contribution in [0.5, 0.6) is 5.75 Å². The second kappa shape index (κ2) is 9.12. The predicted octanol–water partition coefficient (Wildman–Crippen LogP) is 3.85. The lowest BCUT2D eigenvalue weighted by Gasteiger charge is -2.31. The highest BCUT2D eigenvalue weighted by atomic mass is 16.5. The van der Waals surface area contributed by atoms with Crippen LogP contribution in [-0.2, 0) is 21.4 Å². The monoisotopic (exact) mass is 394 g/mol. The number of benzene rings is 2. The fourth-order valence-corrected chi connectivity index (χ4v) is 3.39. The average molecular weight is 395 g/mol. The Kier molecular flexibility index (Phi) is 6.57. The first kappa shape index (κ1) is 20.9. The van der Waals surface area contributed by atoms with Crippen molar-refractivity contribution >= 4 is 17.5 Å². The van der Waals surface area contributed by atoms with Crippen molar-refractivity contribution in [3.8, 4) is 5.75 Å². The van der Waals surface area contributed by atoms with Crippen molar-refractivity contribution < 1.29 is 14.3 Å². The van der Waals surface area contributed by atoms with Crippen LogP contribution < -0.4 is 15.0 Å². The normalized spacial score (nSPS) is 13.6. The Morgan fingerprint density at radius 2 is 1.90 bits per heavy atom. The quantitative estimate of drug-likeness (QED) is 0.776. The molecule has 154 valence electrons. The van der Waals surface area contributed by atoms with Crippen LogP contribution in [0.4, 0.5) is 5.69 Å². The third-order valence-electron chi connectivity index (χ3n) is 5.13. The molecule has 2 aromatic rings. The molecule has 0 spiro atoms. The fraction of sp³-hybridized carbons (Fsp3) is 0.417. The number of nitrogens with zero attached hydrogens (tertiary/aromatic N) is 1. The van der Waals surface area contributed by atoms with Gasteiger partial charge in [-0.2, -0.15) is 0 Å². The zero-order chi connectivity index (χ0) is 20.9. The first-order chi connectivity index (χ1) is 13.8. The summed E-state index contributed by atoms with van der Waals surface area (Å²) in [6.07, 6.45) is 1.83. The minimum atomic E-state index is -0.0620. The van der Waals surface area contributed by atoms with Crippen molar-refractivity contribution in [3.05, 3.63) is 59.7 Å². The maximum Gasteiger partial charge on any atom is 0.265 e. The molecular weight excluding hydrogens is 364 g/mol. The van der Waals surface area contributed by atoms with E-state index in [9.17, 15) is 9.59 Å². The second-order valence-electron chi connectivity index (χ2n) is 8.46. The van der Waals surface area contributed by atoms with Crippen molar-refractivity contribution in [1.29, 1.82) is 0 Å². The molecule has 2 aromatic carbocycles. The number of ether oxygens (including phenoxy) is 1. The lowest BCUT2D eigenvalue weighted by molar-refractivity contribution is -0.122. The number of carbonyl (C=O) groups excluding carboxylic acids is 2. The Balaban J connectivity index is 1.52. The number of anilines is 1. The summed E-state index contributed by atoms with van der Waals surface area (Å²) in [7, 11) is 0. The molecule has 0 atom stereocenters. The summed E-state index contributed by atoms with van der Waals surface area (Å²) in [5, 5.41) is 2.96. The van der Waals surface area contributed by atoms with Crippen LogP contribution in [0.15, 0.2) is 48.5 Å². The zero-order valence-electron chi connectivity index (χ0n) is 17.5. The zero-order valence-corrected chi connectivity index (χ0v) is 17.5. The highest BCUT2D eigenvalue weighted by Crippen LogP contribution is 2.36. The van der Waals surface area contributed by atoms with Crippen LogP contribution in [0.25, 0.3) is 0 Å². The van der Waals surface area contributed by atoms with E-state index in [0.717, 1.165) is 23.4 Å². The van der Waals surface area contributed by atoms with E-state index in [-0.39, 0.29) is 23.8 Å². The van der Waals surface area contributed by atoms with Crippen LogP contribution in [0.2, 0.25) is 0 Å². The molecule has 2 amide bonds. The Labute approximate surface area is 173 Å². The predicted molar refractivity (Wildman–Crippen MR) is 115 cm³/mol. The third kappa shape index (κ3) is 5.59. The molecule has 5 nitrogen and oxygen atoms in total. The van der Waals surface area contributed by atoms with Gasteiger partial charge in [-0.3, -0.25) is 9.59 Å². The summed E-state index contributed by atoms with van der Waals surface area (Å²) < 4.78 is 5.59. The van der Waals surface area contributed by atoms with E-state index in [0.29, 0.717) is 25.9 Å². The van der Waals surface area contributed by atoms with Crippen LogP contribution in [0.1, 0.15) is 44.7 Å². The number of amides is 2. The Bertz CT molecular complexity index is 856. The number of hydrogen-bond donors (Lipinski definition) is 1. The van der Waals surface area contributed by atoms with Crippen LogP contribution in [0, 0.1) is 0 Å². The lowest BCUT2D eigenvalue weighted by Crippen LogP contribution is -2.40. The molecule has 0 unspecified atom stereocenters. The second-order valence-corrected chi connectivity index (χ2v) is 8.46. The van der Waals surface area contributed by atoms with Gasteiger partial charge in [0.1, 0.15) is 5.75 Å². The van der Waals surface area contributed by atoms with Crippen LogP contribution in [-0.4, -0.2) is 31.5 Å². The Morgan fingerprint density at radius 1 is 1.14 bits per heavy atom. The Morgan fingerprint density at radius 3 is 2.62 bits per heavy atom. The van der Waals surface area contributed by atoms with Gasteiger partial charge in [0, 0.05) is 19.5 Å². The summed E-state index contributed by atoms with van der Waals surface area (Å²) >= 11 is 0. The lowest BCUT2D eigenvalue weighted by atomic mass is 9.86. The first-order valence-corrected chi connectivity index (χ1v) is 10.2. The van der Waals surface area contributed by atoms with Crippen molar-refractivity contribution in [3.63, 3.8) is 0 Å². The van der Waals surface area contributed by atoms with Crippen molar-refractivity contribution in [2.24, 2.45) is 0 Å². The smallest absolute Gasteiger partial charge is 0.265 e. The van der Waals surface area contributed by atoms with Crippen LogP contribution >= 0.6 is 0 Å². The van der Waals surface area contributed by atoms with Gasteiger partial charge in [0.15, 0.2) is 6.61 Å². The first-order valence-electron chi connectivity index (χ1n) is 10.2. The Hall–Kier alpha value is -2.82. The molecule has 0 saturated carbocycles. The van der Waals surface area contributed by atoms with Gasteiger partial charge in [0.2, 0.25) is 5.91 Å². The number of hydrogen-bond acceptors (Lipinski definition) is 3. The van der Waals surface area contributed by atoms with E-state index >= 15 is 0 Å². The SMILES string of the molecule is CC(C)(C)c1ccc2c(c1)N(CCCC(=O)NCCc1ccccc1)C(=O)CO2. The molecule has 0 aliphatic carbocycles. The van der Waals surface area contributed by atoms with Crippen molar-refractivity contribution in [2.45, 2.75) is 45.4 Å². The van der Waals surface area contributed by atoms with Crippen molar-refractivity contribution in [1.82, 2.24) is 5.32 Å². The van der Waals surface area contributed by atoms with E-state index in [4.69, 9.17) is 4.74 Å². The number of nitrogens with one attached hydrogen (secondary N) is 1. The fourth-order valence-electron chi connectivity index (χ4n) is 3.39. The maximum absolute atomic E-state index is 12.4. The van der Waals surface area contributed by atoms with Crippen LogP contribution in [0.3, 0.4) is 0 Å². The molecule has 0 aromatic heterocycles. The highest BCUT2D eigenvalue weighted by Gasteiger charge is 2.27. The molecule has 29 heavy (non-hydrogen) atoms. The standard InChI is InChI=1S/C24H30N2O3/c1-24(2,3)19-11-12-21-20(16-19)26(23(28)17-29-21)15-7-10-22(27)25-14-13-18-8-5-4-6-9-18/h4-6,8-9,11-12,16H,7,10,13-15,17H2,1-3H3,(H,25,27). The molecule has 5 heteroatoms. The topological polar surface area (TPSA) is 58.6 Å². The molecular formula is C24H30N2O3. The van der Waals surface area contributed by atoms with E-state index in [1.165, 1.54) is 5.56 Å². The van der Waals surface area contributed by atoms with Gasteiger partial charge in [-0.1, -0.05) is 57.2 Å². The van der Waals surface area contributed by atoms with E-state index in [1.54, 1.807) is 4.90 Å². The average Bonchev–Trinajstić information content (AvgIpc) is 2.69. The molecule has 3 rings (SSSR count). The van der Waals surface area contributed by atoms with Gasteiger partial charge in [-0.05, 0) is 41.5 Å². The van der Waals surface area contributed by atoms with E-state index < -0.39 is 0 Å². The minimum absolute atomic E-state index is 0.0141. The largest absolute Gasteiger partial charge is 0.482 e. The molecule has 0 fully saturated rings. The molecule has 0 radical (unpaired) electrons. The minimum Gasteiger partial charge on any atom is -0.482 e. The number of rotatable bonds is 7. The van der Waals surface area contributed by atoms with Gasteiger partial charge < -0.3 is 15.0 Å². The summed E-state index contributed by atoms with van der Waals surface area (Å²) in [5.41, 5.74) is 3.15. The van der Waals surface area contributed by atoms with E-state index in [2.05, 4.69) is 38.2 Å². The highest BCUT2D eigenvalue weighted by molar-refractivity contribution is 5.98. The van der Waals surface area contributed by atoms with Gasteiger partial charge in [-0.25, -0.2) is 0 Å². The number of carbonyl (C=O) groups is 2. The van der Waals surface area contributed by atoms with Crippen molar-refractivity contribution in [2.75, 3.05) is 24.6 Å². The molecule has 1 aliphatic rings. The molecule has 1 N–H and O–H groups in total. The summed E-state index contributed by atoms with van der Waals surface area (Å²) in [6.45, 7) is 7.61. The molecule has 1 heterocycles. The third-order valence-corrected chi connectivity index (χ3v) is 5.13. The van der Waals surface area contributed by atoms with Gasteiger partial charge in [0.05, 0.1) is 5.69 Å².